The summed E-state index contributed by atoms with van der Waals surface area (Å²) in [6.45, 7) is 6.23. The summed E-state index contributed by atoms with van der Waals surface area (Å²) in [5.41, 5.74) is 2.05. The maximum absolute atomic E-state index is 10.2. The summed E-state index contributed by atoms with van der Waals surface area (Å²) in [5.74, 6) is 1.18. The van der Waals surface area contributed by atoms with Crippen molar-refractivity contribution in [1.82, 2.24) is 0 Å². The highest BCUT2D eigenvalue weighted by Gasteiger charge is 2.18. The number of benzene rings is 1. The monoisotopic (exact) mass is 222 g/mol. The predicted molar refractivity (Wildman–Crippen MR) is 66.8 cm³/mol. The zero-order valence-electron chi connectivity index (χ0n) is 10.7. The van der Waals surface area contributed by atoms with Gasteiger partial charge in [-0.25, -0.2) is 0 Å². The first-order valence-corrected chi connectivity index (χ1v) is 5.96. The van der Waals surface area contributed by atoms with E-state index in [2.05, 4.69) is 13.8 Å². The molecule has 0 heterocycles. The zero-order chi connectivity index (χ0) is 12.1. The summed E-state index contributed by atoms with van der Waals surface area (Å²) in [5, 5.41) is 10.2. The molecule has 0 aliphatic carbocycles. The van der Waals surface area contributed by atoms with Gasteiger partial charge in [-0.1, -0.05) is 38.8 Å². The molecule has 0 saturated heterocycles. The number of rotatable bonds is 5. The Morgan fingerprint density at radius 3 is 2.38 bits per heavy atom. The number of methoxy groups -OCH3 is 1. The average Bonchev–Trinajstić information content (AvgIpc) is 2.31. The largest absolute Gasteiger partial charge is 0.496 e. The third kappa shape index (κ3) is 2.76. The first-order chi connectivity index (χ1) is 7.63. The van der Waals surface area contributed by atoms with E-state index < -0.39 is 0 Å². The SMILES string of the molecule is CCC(CC)C(O)c1ccc(C)c(OC)c1. The second-order valence-electron chi connectivity index (χ2n) is 4.25. The van der Waals surface area contributed by atoms with Crippen LogP contribution in [0.2, 0.25) is 0 Å². The highest BCUT2D eigenvalue weighted by Crippen LogP contribution is 2.30. The molecule has 0 saturated carbocycles. The minimum atomic E-state index is -0.385. The molecule has 1 N–H and O–H groups in total. The Morgan fingerprint density at radius 2 is 1.88 bits per heavy atom. The molecule has 2 nitrogen and oxygen atoms in total. The first-order valence-electron chi connectivity index (χ1n) is 5.96. The molecule has 0 radical (unpaired) electrons. The second-order valence-corrected chi connectivity index (χ2v) is 4.25. The third-order valence-electron chi connectivity index (χ3n) is 3.27. The Bertz CT molecular complexity index is 330. The third-order valence-corrected chi connectivity index (χ3v) is 3.27. The maximum Gasteiger partial charge on any atom is 0.122 e. The smallest absolute Gasteiger partial charge is 0.122 e. The second kappa shape index (κ2) is 5.90. The van der Waals surface area contributed by atoms with Gasteiger partial charge in [-0.15, -0.1) is 0 Å². The molecule has 1 aromatic rings. The molecule has 0 aliphatic rings. The molecule has 16 heavy (non-hydrogen) atoms. The van der Waals surface area contributed by atoms with Crippen LogP contribution in [0.15, 0.2) is 18.2 Å². The molecule has 1 unspecified atom stereocenters. The van der Waals surface area contributed by atoms with Crippen LogP contribution in [0.3, 0.4) is 0 Å². The van der Waals surface area contributed by atoms with E-state index in [1.165, 1.54) is 0 Å². The maximum atomic E-state index is 10.2. The molecule has 0 fully saturated rings. The van der Waals surface area contributed by atoms with Crippen LogP contribution in [-0.2, 0) is 0 Å². The fourth-order valence-electron chi connectivity index (χ4n) is 2.03. The van der Waals surface area contributed by atoms with E-state index >= 15 is 0 Å². The van der Waals surface area contributed by atoms with Gasteiger partial charge in [-0.05, 0) is 30.0 Å². The van der Waals surface area contributed by atoms with E-state index in [1.807, 2.05) is 25.1 Å². The minimum absolute atomic E-state index is 0.326. The molecule has 1 atom stereocenters. The fraction of sp³-hybridized carbons (Fsp3) is 0.571. The summed E-state index contributed by atoms with van der Waals surface area (Å²) in [6, 6.07) is 5.93. The number of aliphatic hydroxyl groups excluding tert-OH is 1. The standard InChI is InChI=1S/C14H22O2/c1-5-11(6-2)14(15)12-8-7-10(3)13(9-12)16-4/h7-9,11,14-15H,5-6H2,1-4H3. The number of hydrogen-bond acceptors (Lipinski definition) is 2. The van der Waals surface area contributed by atoms with Crippen molar-refractivity contribution in [1.29, 1.82) is 0 Å². The van der Waals surface area contributed by atoms with E-state index in [-0.39, 0.29) is 6.10 Å². The van der Waals surface area contributed by atoms with Gasteiger partial charge in [0.2, 0.25) is 0 Å². The number of hydrogen-bond donors (Lipinski definition) is 1. The van der Waals surface area contributed by atoms with Crippen LogP contribution in [0.1, 0.15) is 43.9 Å². The molecule has 0 spiro atoms. The van der Waals surface area contributed by atoms with Crippen molar-refractivity contribution in [2.45, 2.75) is 39.7 Å². The van der Waals surface area contributed by atoms with Gasteiger partial charge in [-0.2, -0.15) is 0 Å². The van der Waals surface area contributed by atoms with E-state index in [4.69, 9.17) is 4.74 Å². The normalized spacial score (nSPS) is 12.9. The van der Waals surface area contributed by atoms with Crippen molar-refractivity contribution < 1.29 is 9.84 Å². The van der Waals surface area contributed by atoms with Crippen molar-refractivity contribution in [3.05, 3.63) is 29.3 Å². The number of aliphatic hydroxyl groups is 1. The molecule has 0 amide bonds. The molecule has 1 aromatic carbocycles. The van der Waals surface area contributed by atoms with Gasteiger partial charge in [0.1, 0.15) is 5.75 Å². The van der Waals surface area contributed by atoms with Crippen molar-refractivity contribution >= 4 is 0 Å². The van der Waals surface area contributed by atoms with E-state index in [9.17, 15) is 5.11 Å². The van der Waals surface area contributed by atoms with Gasteiger partial charge in [0.15, 0.2) is 0 Å². The van der Waals surface area contributed by atoms with Crippen LogP contribution in [-0.4, -0.2) is 12.2 Å². The van der Waals surface area contributed by atoms with Crippen molar-refractivity contribution in [2.24, 2.45) is 5.92 Å². The van der Waals surface area contributed by atoms with E-state index in [0.717, 1.165) is 29.7 Å². The summed E-state index contributed by atoms with van der Waals surface area (Å²) < 4.78 is 5.27. The molecule has 2 heteroatoms. The predicted octanol–water partition coefficient (Wildman–Crippen LogP) is 3.47. The summed E-state index contributed by atoms with van der Waals surface area (Å²) in [7, 11) is 1.66. The average molecular weight is 222 g/mol. The highest BCUT2D eigenvalue weighted by atomic mass is 16.5. The minimum Gasteiger partial charge on any atom is -0.496 e. The molecule has 90 valence electrons. The first kappa shape index (κ1) is 13.0. The summed E-state index contributed by atoms with van der Waals surface area (Å²) >= 11 is 0. The highest BCUT2D eigenvalue weighted by molar-refractivity contribution is 5.37. The lowest BCUT2D eigenvalue weighted by Gasteiger charge is -2.21. The lowest BCUT2D eigenvalue weighted by Crippen LogP contribution is -2.11. The topological polar surface area (TPSA) is 29.5 Å². The number of ether oxygens (including phenoxy) is 1. The Labute approximate surface area is 98.3 Å². The summed E-state index contributed by atoms with van der Waals surface area (Å²) in [6.07, 6.45) is 1.60. The van der Waals surface area contributed by atoms with Crippen LogP contribution in [0.4, 0.5) is 0 Å². The van der Waals surface area contributed by atoms with E-state index in [1.54, 1.807) is 7.11 Å². The van der Waals surface area contributed by atoms with Crippen molar-refractivity contribution in [3.63, 3.8) is 0 Å². The van der Waals surface area contributed by atoms with Gasteiger partial charge >= 0.3 is 0 Å². The summed E-state index contributed by atoms with van der Waals surface area (Å²) in [4.78, 5) is 0. The van der Waals surface area contributed by atoms with Gasteiger partial charge < -0.3 is 9.84 Å². The van der Waals surface area contributed by atoms with Gasteiger partial charge in [0, 0.05) is 0 Å². The molecular weight excluding hydrogens is 200 g/mol. The number of aryl methyl sites for hydroxylation is 1. The van der Waals surface area contributed by atoms with Crippen LogP contribution in [0, 0.1) is 12.8 Å². The fourth-order valence-corrected chi connectivity index (χ4v) is 2.03. The molecule has 0 aromatic heterocycles. The van der Waals surface area contributed by atoms with Crippen LogP contribution < -0.4 is 4.74 Å². The van der Waals surface area contributed by atoms with Crippen molar-refractivity contribution in [2.75, 3.05) is 7.11 Å². The Kier molecular flexibility index (Phi) is 4.81. The Morgan fingerprint density at radius 1 is 1.25 bits per heavy atom. The van der Waals surface area contributed by atoms with Crippen LogP contribution >= 0.6 is 0 Å². The van der Waals surface area contributed by atoms with Crippen LogP contribution in [0.5, 0.6) is 5.75 Å². The lowest BCUT2D eigenvalue weighted by molar-refractivity contribution is 0.103. The Hall–Kier alpha value is -1.02. The van der Waals surface area contributed by atoms with Gasteiger partial charge in [0.05, 0.1) is 13.2 Å². The van der Waals surface area contributed by atoms with Gasteiger partial charge in [0.25, 0.3) is 0 Å². The molecule has 0 bridgehead atoms. The lowest BCUT2D eigenvalue weighted by atomic mass is 9.91. The molecule has 1 rings (SSSR count). The Balaban J connectivity index is 2.95. The quantitative estimate of drug-likeness (QED) is 0.826. The van der Waals surface area contributed by atoms with Crippen LogP contribution in [0.25, 0.3) is 0 Å². The molecular formula is C14H22O2. The van der Waals surface area contributed by atoms with Crippen molar-refractivity contribution in [3.8, 4) is 5.75 Å². The molecule has 0 aliphatic heterocycles. The van der Waals surface area contributed by atoms with E-state index in [0.29, 0.717) is 5.92 Å². The van der Waals surface area contributed by atoms with Gasteiger partial charge in [-0.3, -0.25) is 0 Å². The zero-order valence-corrected chi connectivity index (χ0v) is 10.7.